The predicted molar refractivity (Wildman–Crippen MR) is 59.8 cm³/mol. The van der Waals surface area contributed by atoms with Crippen molar-refractivity contribution in [3.63, 3.8) is 0 Å². The number of fused-ring (bicyclic) bond motifs is 3. The Morgan fingerprint density at radius 2 is 1.27 bits per heavy atom. The molecule has 0 nitrogen and oxygen atoms in total. The average molecular weight is 269 g/mol. The Labute approximate surface area is 104 Å². The van der Waals surface area contributed by atoms with Crippen molar-refractivity contribution in [3.05, 3.63) is 59.7 Å². The Balaban J connectivity index is 2.35. The van der Waals surface area contributed by atoms with Gasteiger partial charge in [-0.25, -0.2) is 0 Å². The van der Waals surface area contributed by atoms with Crippen molar-refractivity contribution in [2.45, 2.75) is 5.92 Å². The standard InChI is InChI=1S/C14H10.Zr/c1-10-11-6-2-4-8-13(11)14-9-5-3-7-12(10)14;/h1-10H;/q;+2. The van der Waals surface area contributed by atoms with Gasteiger partial charge in [0.15, 0.2) is 0 Å². The minimum absolute atomic E-state index is 0.524. The molecule has 3 rings (SSSR count). The topological polar surface area (TPSA) is 0 Å². The van der Waals surface area contributed by atoms with Crippen LogP contribution in [0.5, 0.6) is 0 Å². The van der Waals surface area contributed by atoms with E-state index in [2.05, 4.69) is 52.2 Å². The molecule has 0 amide bonds. The van der Waals surface area contributed by atoms with Gasteiger partial charge in [-0.05, 0) is 0 Å². The van der Waals surface area contributed by atoms with Gasteiger partial charge < -0.3 is 0 Å². The van der Waals surface area contributed by atoms with Gasteiger partial charge >= 0.3 is 105 Å². The summed E-state index contributed by atoms with van der Waals surface area (Å²) in [6.07, 6.45) is 0. The van der Waals surface area contributed by atoms with Crippen LogP contribution in [0.2, 0.25) is 0 Å². The quantitative estimate of drug-likeness (QED) is 0.746. The molecule has 0 unspecified atom stereocenters. The zero-order chi connectivity index (χ0) is 10.3. The van der Waals surface area contributed by atoms with E-state index in [1.54, 1.807) is 0 Å². The fourth-order valence-electron chi connectivity index (χ4n) is 2.37. The van der Waals surface area contributed by atoms with Crippen LogP contribution in [-0.4, -0.2) is 3.71 Å². The molecule has 0 fully saturated rings. The van der Waals surface area contributed by atoms with Gasteiger partial charge in [0.1, 0.15) is 0 Å². The number of hydrogen-bond acceptors (Lipinski definition) is 0. The molecule has 0 spiro atoms. The number of hydrogen-bond donors (Lipinski definition) is 0. The van der Waals surface area contributed by atoms with Crippen molar-refractivity contribution in [2.75, 3.05) is 0 Å². The molecule has 1 heteroatoms. The molecular formula is C14H10Zr+2. The summed E-state index contributed by atoms with van der Waals surface area (Å²) in [4.78, 5) is 0. The van der Waals surface area contributed by atoms with Gasteiger partial charge in [0, 0.05) is 0 Å². The Morgan fingerprint density at radius 1 is 0.800 bits per heavy atom. The van der Waals surface area contributed by atoms with Crippen LogP contribution in [-0.2, 0) is 24.2 Å². The van der Waals surface area contributed by atoms with Crippen molar-refractivity contribution in [2.24, 2.45) is 0 Å². The first-order chi connectivity index (χ1) is 7.42. The first kappa shape index (κ1) is 9.42. The number of rotatable bonds is 1. The van der Waals surface area contributed by atoms with Crippen LogP contribution in [0.25, 0.3) is 11.1 Å². The zero-order valence-corrected chi connectivity index (χ0v) is 10.7. The first-order valence-corrected chi connectivity index (χ1v) is 6.52. The summed E-state index contributed by atoms with van der Waals surface area (Å²) < 4.78 is 2.37. The Morgan fingerprint density at radius 3 is 1.73 bits per heavy atom. The molecule has 0 saturated carbocycles. The van der Waals surface area contributed by atoms with Gasteiger partial charge in [0.05, 0.1) is 0 Å². The predicted octanol–water partition coefficient (Wildman–Crippen LogP) is 3.15. The van der Waals surface area contributed by atoms with Crippen LogP contribution in [0.15, 0.2) is 48.5 Å². The summed E-state index contributed by atoms with van der Waals surface area (Å²) in [6, 6.07) is 17.5. The molecule has 0 bridgehead atoms. The summed E-state index contributed by atoms with van der Waals surface area (Å²) in [7, 11) is 0. The molecule has 0 atom stereocenters. The molecule has 1 aliphatic rings. The average Bonchev–Trinajstić information content (AvgIpc) is 2.63. The maximum absolute atomic E-state index is 2.37. The van der Waals surface area contributed by atoms with Crippen LogP contribution in [0.4, 0.5) is 0 Å². The van der Waals surface area contributed by atoms with Crippen LogP contribution >= 0.6 is 0 Å². The third kappa shape index (κ3) is 1.33. The van der Waals surface area contributed by atoms with Gasteiger partial charge in [-0.3, -0.25) is 0 Å². The molecule has 0 aliphatic heterocycles. The molecule has 0 heterocycles. The summed E-state index contributed by atoms with van der Waals surface area (Å²) in [6.45, 7) is 0. The summed E-state index contributed by atoms with van der Waals surface area (Å²) in [5.41, 5.74) is 5.76. The molecular weight excluding hydrogens is 259 g/mol. The zero-order valence-electron chi connectivity index (χ0n) is 8.27. The molecule has 68 valence electrons. The van der Waals surface area contributed by atoms with Crippen molar-refractivity contribution >= 4 is 3.71 Å². The van der Waals surface area contributed by atoms with E-state index in [1.165, 1.54) is 46.5 Å². The summed E-state index contributed by atoms with van der Waals surface area (Å²) in [5.74, 6) is 0.524. The molecule has 2 aromatic rings. The molecule has 0 N–H and O–H groups in total. The van der Waals surface area contributed by atoms with Gasteiger partial charge in [-0.2, -0.15) is 0 Å². The third-order valence-electron chi connectivity index (χ3n) is 3.05. The van der Waals surface area contributed by atoms with Gasteiger partial charge in [-0.1, -0.05) is 0 Å². The second kappa shape index (κ2) is 3.65. The van der Waals surface area contributed by atoms with Crippen LogP contribution < -0.4 is 0 Å². The van der Waals surface area contributed by atoms with Crippen molar-refractivity contribution in [3.8, 4) is 11.1 Å². The van der Waals surface area contributed by atoms with E-state index in [9.17, 15) is 0 Å². The Kier molecular flexibility index (Phi) is 2.29. The van der Waals surface area contributed by atoms with Gasteiger partial charge in [0.2, 0.25) is 0 Å². The van der Waals surface area contributed by atoms with Crippen LogP contribution in [0.1, 0.15) is 17.0 Å². The van der Waals surface area contributed by atoms with Gasteiger partial charge in [-0.15, -0.1) is 0 Å². The van der Waals surface area contributed by atoms with E-state index < -0.39 is 0 Å². The van der Waals surface area contributed by atoms with E-state index in [0.29, 0.717) is 5.92 Å². The van der Waals surface area contributed by atoms with E-state index in [1.807, 2.05) is 0 Å². The SMILES string of the molecule is [Zr+2]=[CH]C1c2ccccc2-c2ccccc21. The minimum atomic E-state index is 0.524. The normalized spacial score (nSPS) is 13.5. The molecule has 0 radical (unpaired) electrons. The van der Waals surface area contributed by atoms with E-state index in [4.69, 9.17) is 0 Å². The van der Waals surface area contributed by atoms with Crippen molar-refractivity contribution in [1.82, 2.24) is 0 Å². The maximum atomic E-state index is 2.37. The Bertz CT molecular complexity index is 483. The first-order valence-electron chi connectivity index (χ1n) is 5.10. The summed E-state index contributed by atoms with van der Waals surface area (Å²) in [5, 5.41) is 0. The van der Waals surface area contributed by atoms with E-state index in [0.717, 1.165) is 0 Å². The second-order valence-corrected chi connectivity index (χ2v) is 4.64. The van der Waals surface area contributed by atoms with Crippen LogP contribution in [0.3, 0.4) is 0 Å². The van der Waals surface area contributed by atoms with Crippen molar-refractivity contribution < 1.29 is 24.2 Å². The number of benzene rings is 2. The summed E-state index contributed by atoms with van der Waals surface area (Å²) >= 11 is 1.50. The third-order valence-corrected chi connectivity index (χ3v) is 3.87. The molecule has 0 aromatic heterocycles. The molecule has 2 aromatic carbocycles. The molecule has 0 saturated heterocycles. The fraction of sp³-hybridized carbons (Fsp3) is 0.0714. The van der Waals surface area contributed by atoms with Crippen molar-refractivity contribution in [1.29, 1.82) is 0 Å². The van der Waals surface area contributed by atoms with Gasteiger partial charge in [0.25, 0.3) is 0 Å². The monoisotopic (exact) mass is 268 g/mol. The van der Waals surface area contributed by atoms with Crippen LogP contribution in [0, 0.1) is 0 Å². The van der Waals surface area contributed by atoms with E-state index >= 15 is 0 Å². The van der Waals surface area contributed by atoms with E-state index in [-0.39, 0.29) is 0 Å². The molecule has 1 aliphatic carbocycles. The molecule has 15 heavy (non-hydrogen) atoms. The Hall–Kier alpha value is -0.807. The second-order valence-electron chi connectivity index (χ2n) is 3.82. The fourth-order valence-corrected chi connectivity index (χ4v) is 3.26.